The highest BCUT2D eigenvalue weighted by molar-refractivity contribution is 5.85. The Labute approximate surface area is 98.7 Å². The van der Waals surface area contributed by atoms with Gasteiger partial charge in [-0.3, -0.25) is 0 Å². The van der Waals surface area contributed by atoms with Crippen LogP contribution in [-0.2, 0) is 6.54 Å². The molecule has 0 radical (unpaired) electrons. The summed E-state index contributed by atoms with van der Waals surface area (Å²) < 4.78 is 2.07. The van der Waals surface area contributed by atoms with Gasteiger partial charge in [0.2, 0.25) is 0 Å². The van der Waals surface area contributed by atoms with E-state index < -0.39 is 0 Å². The molecule has 2 aromatic heterocycles. The number of nitrogens with two attached hydrogens (primary N) is 1. The summed E-state index contributed by atoms with van der Waals surface area (Å²) in [6.07, 6.45) is 3.48. The molecule has 0 unspecified atom stereocenters. The molecule has 4 heteroatoms. The van der Waals surface area contributed by atoms with E-state index in [2.05, 4.69) is 26.7 Å². The van der Waals surface area contributed by atoms with Crippen molar-refractivity contribution in [2.45, 2.75) is 6.54 Å². The molecule has 0 spiro atoms. The molecular weight excluding hydrogens is 212 g/mol. The molecule has 3 aromatic rings. The number of aromatic nitrogens is 3. The van der Waals surface area contributed by atoms with Crippen LogP contribution in [0.4, 0.5) is 5.82 Å². The van der Waals surface area contributed by atoms with Gasteiger partial charge in [-0.1, -0.05) is 30.3 Å². The smallest absolute Gasteiger partial charge is 0.151 e. The van der Waals surface area contributed by atoms with Crippen LogP contribution in [0.1, 0.15) is 5.56 Å². The SMILES string of the molecule is Nc1ncnc2ccn(Cc3ccccc3)c12. The monoisotopic (exact) mass is 224 g/mol. The van der Waals surface area contributed by atoms with E-state index in [1.165, 1.54) is 11.9 Å². The molecule has 0 fully saturated rings. The van der Waals surface area contributed by atoms with Crippen LogP contribution in [0.5, 0.6) is 0 Å². The van der Waals surface area contributed by atoms with Crippen molar-refractivity contribution in [3.05, 3.63) is 54.5 Å². The minimum absolute atomic E-state index is 0.524. The van der Waals surface area contributed by atoms with Crippen molar-refractivity contribution in [3.8, 4) is 0 Å². The Balaban J connectivity index is 2.07. The number of rotatable bonds is 2. The van der Waals surface area contributed by atoms with Crippen LogP contribution >= 0.6 is 0 Å². The third-order valence-electron chi connectivity index (χ3n) is 2.77. The van der Waals surface area contributed by atoms with Gasteiger partial charge in [0.25, 0.3) is 0 Å². The number of anilines is 1. The van der Waals surface area contributed by atoms with Gasteiger partial charge >= 0.3 is 0 Å². The Morgan fingerprint density at radius 2 is 1.88 bits per heavy atom. The minimum Gasteiger partial charge on any atom is -0.382 e. The summed E-state index contributed by atoms with van der Waals surface area (Å²) in [6, 6.07) is 12.2. The lowest BCUT2D eigenvalue weighted by Gasteiger charge is -2.06. The average molecular weight is 224 g/mol. The maximum absolute atomic E-state index is 5.88. The van der Waals surface area contributed by atoms with Crippen molar-refractivity contribution in [2.24, 2.45) is 0 Å². The summed E-state index contributed by atoms with van der Waals surface area (Å²) in [5.41, 5.74) is 8.90. The molecule has 2 N–H and O–H groups in total. The average Bonchev–Trinajstić information content (AvgIpc) is 2.75. The van der Waals surface area contributed by atoms with Gasteiger partial charge in [0.15, 0.2) is 5.82 Å². The molecule has 2 heterocycles. The van der Waals surface area contributed by atoms with Crippen LogP contribution in [-0.4, -0.2) is 14.5 Å². The Morgan fingerprint density at radius 3 is 2.71 bits per heavy atom. The topological polar surface area (TPSA) is 56.7 Å². The van der Waals surface area contributed by atoms with Crippen LogP contribution in [0, 0.1) is 0 Å². The van der Waals surface area contributed by atoms with Crippen LogP contribution in [0.3, 0.4) is 0 Å². The van der Waals surface area contributed by atoms with Gasteiger partial charge in [-0.05, 0) is 11.6 Å². The number of nitrogens with zero attached hydrogens (tertiary/aromatic N) is 3. The lowest BCUT2D eigenvalue weighted by molar-refractivity contribution is 0.835. The fourth-order valence-electron chi connectivity index (χ4n) is 1.97. The van der Waals surface area contributed by atoms with E-state index in [1.54, 1.807) is 0 Å². The maximum atomic E-state index is 5.88. The summed E-state index contributed by atoms with van der Waals surface area (Å²) in [5, 5.41) is 0. The van der Waals surface area contributed by atoms with E-state index in [0.29, 0.717) is 5.82 Å². The third kappa shape index (κ3) is 1.73. The predicted octanol–water partition coefficient (Wildman–Crippen LogP) is 2.06. The molecule has 0 saturated carbocycles. The summed E-state index contributed by atoms with van der Waals surface area (Å²) in [5.74, 6) is 0.524. The molecule has 1 aromatic carbocycles. The van der Waals surface area contributed by atoms with Gasteiger partial charge in [0, 0.05) is 12.7 Å². The van der Waals surface area contributed by atoms with Crippen LogP contribution in [0.2, 0.25) is 0 Å². The predicted molar refractivity (Wildman–Crippen MR) is 67.5 cm³/mol. The van der Waals surface area contributed by atoms with Gasteiger partial charge in [0.1, 0.15) is 11.8 Å². The van der Waals surface area contributed by atoms with Crippen LogP contribution in [0.15, 0.2) is 48.9 Å². The summed E-state index contributed by atoms with van der Waals surface area (Å²) in [4.78, 5) is 8.22. The highest BCUT2D eigenvalue weighted by Gasteiger charge is 2.06. The Kier molecular flexibility index (Phi) is 2.26. The van der Waals surface area contributed by atoms with Gasteiger partial charge in [-0.2, -0.15) is 0 Å². The van der Waals surface area contributed by atoms with Crippen molar-refractivity contribution >= 4 is 16.9 Å². The second kappa shape index (κ2) is 3.90. The Hall–Kier alpha value is -2.36. The summed E-state index contributed by atoms with van der Waals surface area (Å²) >= 11 is 0. The normalized spacial score (nSPS) is 10.8. The summed E-state index contributed by atoms with van der Waals surface area (Å²) in [7, 11) is 0. The van der Waals surface area contributed by atoms with Crippen molar-refractivity contribution in [1.82, 2.24) is 14.5 Å². The molecule has 4 nitrogen and oxygen atoms in total. The van der Waals surface area contributed by atoms with Gasteiger partial charge in [-0.25, -0.2) is 9.97 Å². The van der Waals surface area contributed by atoms with Crippen LogP contribution < -0.4 is 5.73 Å². The van der Waals surface area contributed by atoms with E-state index >= 15 is 0 Å². The molecule has 0 saturated heterocycles. The van der Waals surface area contributed by atoms with Crippen molar-refractivity contribution < 1.29 is 0 Å². The van der Waals surface area contributed by atoms with Crippen molar-refractivity contribution in [2.75, 3.05) is 5.73 Å². The standard InChI is InChI=1S/C13H12N4/c14-13-12-11(15-9-16-13)6-7-17(12)8-10-4-2-1-3-5-10/h1-7,9H,8H2,(H2,14,15,16). The minimum atomic E-state index is 0.524. The first kappa shape index (κ1) is 9.84. The molecule has 17 heavy (non-hydrogen) atoms. The first-order chi connectivity index (χ1) is 8.34. The molecule has 0 bridgehead atoms. The fraction of sp³-hybridized carbons (Fsp3) is 0.0769. The molecule has 3 rings (SSSR count). The third-order valence-corrected chi connectivity index (χ3v) is 2.77. The van der Waals surface area contributed by atoms with Crippen LogP contribution in [0.25, 0.3) is 11.0 Å². The second-order valence-electron chi connectivity index (χ2n) is 3.92. The number of benzene rings is 1. The number of hydrogen-bond acceptors (Lipinski definition) is 3. The van der Waals surface area contributed by atoms with Gasteiger partial charge in [0.05, 0.1) is 5.52 Å². The molecular formula is C13H12N4. The second-order valence-corrected chi connectivity index (χ2v) is 3.92. The van der Waals surface area contributed by atoms with Gasteiger partial charge in [-0.15, -0.1) is 0 Å². The zero-order chi connectivity index (χ0) is 11.7. The zero-order valence-corrected chi connectivity index (χ0v) is 9.24. The molecule has 84 valence electrons. The maximum Gasteiger partial charge on any atom is 0.151 e. The van der Waals surface area contributed by atoms with Crippen molar-refractivity contribution in [3.63, 3.8) is 0 Å². The molecule has 0 atom stereocenters. The summed E-state index contributed by atoms with van der Waals surface area (Å²) in [6.45, 7) is 0.780. The van der Waals surface area contributed by atoms with Gasteiger partial charge < -0.3 is 10.3 Å². The number of fused-ring (bicyclic) bond motifs is 1. The molecule has 0 aliphatic heterocycles. The lowest BCUT2D eigenvalue weighted by Crippen LogP contribution is -2.01. The zero-order valence-electron chi connectivity index (χ0n) is 9.24. The fourth-order valence-corrected chi connectivity index (χ4v) is 1.97. The molecule has 0 amide bonds. The highest BCUT2D eigenvalue weighted by Crippen LogP contribution is 2.18. The number of nitrogen functional groups attached to an aromatic ring is 1. The lowest BCUT2D eigenvalue weighted by atomic mass is 10.2. The van der Waals surface area contributed by atoms with E-state index in [9.17, 15) is 0 Å². The first-order valence-corrected chi connectivity index (χ1v) is 5.44. The highest BCUT2D eigenvalue weighted by atomic mass is 15.0. The first-order valence-electron chi connectivity index (χ1n) is 5.44. The molecule has 0 aliphatic rings. The Bertz CT molecular complexity index is 643. The van der Waals surface area contributed by atoms with E-state index in [4.69, 9.17) is 5.73 Å². The van der Waals surface area contributed by atoms with E-state index in [0.717, 1.165) is 17.6 Å². The van der Waals surface area contributed by atoms with Crippen molar-refractivity contribution in [1.29, 1.82) is 0 Å². The van der Waals surface area contributed by atoms with E-state index in [1.807, 2.05) is 30.5 Å². The number of hydrogen-bond donors (Lipinski definition) is 1. The molecule has 0 aliphatic carbocycles. The van der Waals surface area contributed by atoms with E-state index in [-0.39, 0.29) is 0 Å². The quantitative estimate of drug-likeness (QED) is 0.724. The largest absolute Gasteiger partial charge is 0.382 e. The Morgan fingerprint density at radius 1 is 1.06 bits per heavy atom.